The Bertz CT molecular complexity index is 852. The van der Waals surface area contributed by atoms with Gasteiger partial charge in [-0.1, -0.05) is 37.3 Å². The fourth-order valence-corrected chi connectivity index (χ4v) is 4.09. The summed E-state index contributed by atoms with van der Waals surface area (Å²) >= 11 is 1.32. The van der Waals surface area contributed by atoms with Crippen LogP contribution < -0.4 is 5.73 Å². The number of carboxylic acid groups (broad SMARTS) is 1. The number of β-lactam (4-membered cyclic amide) rings is 1. The lowest BCUT2D eigenvalue weighted by Crippen LogP contribution is -2.66. The van der Waals surface area contributed by atoms with E-state index in [1.807, 2.05) is 37.3 Å². The molecule has 1 fully saturated rings. The highest BCUT2D eigenvalue weighted by Crippen LogP contribution is 2.34. The van der Waals surface area contributed by atoms with Crippen LogP contribution in [0.2, 0.25) is 0 Å². The van der Waals surface area contributed by atoms with E-state index in [-0.39, 0.29) is 12.3 Å². The molecule has 1 aliphatic heterocycles. The number of hydrogen-bond donors (Lipinski definition) is 2. The summed E-state index contributed by atoms with van der Waals surface area (Å²) in [7, 11) is 0. The summed E-state index contributed by atoms with van der Waals surface area (Å²) in [6.07, 6.45) is 2.59. The van der Waals surface area contributed by atoms with Crippen LogP contribution in [0.3, 0.4) is 0 Å². The second kappa shape index (κ2) is 7.87. The number of anilines is 1. The van der Waals surface area contributed by atoms with Gasteiger partial charge in [-0.2, -0.15) is 0 Å². The number of aryl methyl sites for hydroxylation is 1. The highest BCUT2D eigenvalue weighted by Gasteiger charge is 2.54. The minimum Gasteiger partial charge on any atom is -0.480 e. The number of aliphatic carboxylic acids is 1. The third kappa shape index (κ3) is 4.00. The fraction of sp³-hybridized carbons (Fsp3) is 0.368. The number of imide groups is 1. The molecule has 1 aliphatic rings. The molecule has 0 aliphatic carbocycles. The quantitative estimate of drug-likeness (QED) is 0.705. The first-order valence-corrected chi connectivity index (χ1v) is 9.54. The third-order valence-electron chi connectivity index (χ3n) is 4.86. The molecule has 3 atom stereocenters. The molecule has 7 nitrogen and oxygen atoms in total. The lowest BCUT2D eigenvalue weighted by Gasteiger charge is -2.43. The van der Waals surface area contributed by atoms with Gasteiger partial charge in [0.25, 0.3) is 0 Å². The zero-order chi connectivity index (χ0) is 19.6. The van der Waals surface area contributed by atoms with Gasteiger partial charge >= 0.3 is 5.97 Å². The molecule has 8 heteroatoms. The number of nitrogens with two attached hydrogens (primary N) is 1. The first-order valence-electron chi connectivity index (χ1n) is 8.72. The maximum atomic E-state index is 12.6. The van der Waals surface area contributed by atoms with Crippen LogP contribution in [0, 0.1) is 5.92 Å². The number of carboxylic acids is 1. The average molecular weight is 387 g/mol. The van der Waals surface area contributed by atoms with Gasteiger partial charge in [0.2, 0.25) is 11.8 Å². The molecule has 3 rings (SSSR count). The number of rotatable bonds is 7. The molecule has 0 spiro atoms. The van der Waals surface area contributed by atoms with Crippen molar-refractivity contribution in [2.45, 2.75) is 38.1 Å². The Morgan fingerprint density at radius 1 is 1.33 bits per heavy atom. The van der Waals surface area contributed by atoms with Crippen LogP contribution >= 0.6 is 11.3 Å². The molecule has 1 unspecified atom stereocenters. The number of thiazole rings is 1. The van der Waals surface area contributed by atoms with Gasteiger partial charge in [-0.25, -0.2) is 9.78 Å². The zero-order valence-electron chi connectivity index (χ0n) is 14.9. The number of amides is 2. The summed E-state index contributed by atoms with van der Waals surface area (Å²) < 4.78 is 0. The lowest BCUT2D eigenvalue weighted by atomic mass is 9.82. The molecule has 3 N–H and O–H groups in total. The van der Waals surface area contributed by atoms with E-state index in [9.17, 15) is 19.5 Å². The summed E-state index contributed by atoms with van der Waals surface area (Å²) in [5, 5.41) is 9.95. The number of nitrogen functional groups attached to an aromatic ring is 1. The molecule has 0 saturated carbocycles. The predicted molar refractivity (Wildman–Crippen MR) is 101 cm³/mol. The maximum absolute atomic E-state index is 12.6. The monoisotopic (exact) mass is 387 g/mol. The van der Waals surface area contributed by atoms with E-state index < -0.39 is 29.7 Å². The van der Waals surface area contributed by atoms with Gasteiger partial charge in [-0.3, -0.25) is 14.5 Å². The molecule has 0 radical (unpaired) electrons. The summed E-state index contributed by atoms with van der Waals surface area (Å²) in [5.41, 5.74) is 6.56. The number of carbonyl (C=O) groups excluding carboxylic acids is 2. The molecule has 2 aromatic rings. The van der Waals surface area contributed by atoms with Gasteiger partial charge in [-0.15, -0.1) is 11.3 Å². The van der Waals surface area contributed by atoms with Gasteiger partial charge < -0.3 is 10.8 Å². The first-order chi connectivity index (χ1) is 12.9. The lowest BCUT2D eigenvalue weighted by molar-refractivity contribution is -0.177. The number of hydrogen-bond acceptors (Lipinski definition) is 6. The van der Waals surface area contributed by atoms with E-state index in [2.05, 4.69) is 4.98 Å². The standard InChI is InChI=1S/C19H21N3O4S/c1-11(12-5-3-2-4-6-12)9-15(23)22-16(18(25)26)14(17(22)24)8-7-13-10-21-19(20)27-13/h2-6,10-11,14,16H,7-9H2,1H3,(H2,20,21)(H,25,26)/t11-,14?,16-/m0/s1. The molecule has 27 heavy (non-hydrogen) atoms. The van der Waals surface area contributed by atoms with Crippen LogP contribution in [-0.2, 0) is 20.8 Å². The van der Waals surface area contributed by atoms with Crippen molar-refractivity contribution in [2.75, 3.05) is 5.73 Å². The Labute approximate surface area is 160 Å². The molecule has 142 valence electrons. The predicted octanol–water partition coefficient (Wildman–Crippen LogP) is 2.29. The number of nitrogens with zero attached hydrogens (tertiary/aromatic N) is 2. The minimum absolute atomic E-state index is 0.0949. The van der Waals surface area contributed by atoms with E-state index >= 15 is 0 Å². The Morgan fingerprint density at radius 2 is 2.04 bits per heavy atom. The zero-order valence-corrected chi connectivity index (χ0v) is 15.7. The molecule has 1 saturated heterocycles. The van der Waals surface area contributed by atoms with Crippen LogP contribution in [-0.4, -0.2) is 38.8 Å². The highest BCUT2D eigenvalue weighted by molar-refractivity contribution is 7.15. The van der Waals surface area contributed by atoms with Crippen molar-refractivity contribution in [3.8, 4) is 0 Å². The van der Waals surface area contributed by atoms with Gasteiger partial charge in [0.15, 0.2) is 5.13 Å². The van der Waals surface area contributed by atoms with Crippen LogP contribution in [0.1, 0.15) is 36.1 Å². The second-order valence-electron chi connectivity index (χ2n) is 6.71. The summed E-state index contributed by atoms with van der Waals surface area (Å²) in [4.78, 5) is 42.4. The van der Waals surface area contributed by atoms with Gasteiger partial charge in [0.1, 0.15) is 6.04 Å². The summed E-state index contributed by atoms with van der Waals surface area (Å²) in [5.74, 6) is -2.79. The second-order valence-corrected chi connectivity index (χ2v) is 7.86. The van der Waals surface area contributed by atoms with Crippen LogP contribution in [0.4, 0.5) is 5.13 Å². The summed E-state index contributed by atoms with van der Waals surface area (Å²) in [6, 6.07) is 8.38. The van der Waals surface area contributed by atoms with Gasteiger partial charge in [0, 0.05) is 17.5 Å². The fourth-order valence-electron chi connectivity index (χ4n) is 3.39. The van der Waals surface area contributed by atoms with Crippen molar-refractivity contribution < 1.29 is 19.5 Å². The van der Waals surface area contributed by atoms with Crippen molar-refractivity contribution in [3.63, 3.8) is 0 Å². The van der Waals surface area contributed by atoms with Crippen LogP contribution in [0.15, 0.2) is 36.5 Å². The topological polar surface area (TPSA) is 114 Å². The van der Waals surface area contributed by atoms with Crippen molar-refractivity contribution >= 4 is 34.3 Å². The third-order valence-corrected chi connectivity index (χ3v) is 5.74. The van der Waals surface area contributed by atoms with Gasteiger partial charge in [0.05, 0.1) is 5.92 Å². The van der Waals surface area contributed by atoms with Gasteiger partial charge in [-0.05, 0) is 24.3 Å². The summed E-state index contributed by atoms with van der Waals surface area (Å²) in [6.45, 7) is 1.89. The Balaban J connectivity index is 1.64. The van der Waals surface area contributed by atoms with Crippen molar-refractivity contribution in [2.24, 2.45) is 5.92 Å². The van der Waals surface area contributed by atoms with Crippen LogP contribution in [0.25, 0.3) is 0 Å². The number of carbonyl (C=O) groups is 3. The minimum atomic E-state index is -1.15. The van der Waals surface area contributed by atoms with Crippen LogP contribution in [0.5, 0.6) is 0 Å². The van der Waals surface area contributed by atoms with E-state index in [0.717, 1.165) is 15.3 Å². The number of benzene rings is 1. The molecule has 0 bridgehead atoms. The highest BCUT2D eigenvalue weighted by atomic mass is 32.1. The Hall–Kier alpha value is -2.74. The average Bonchev–Trinajstić information content (AvgIpc) is 3.05. The smallest absolute Gasteiger partial charge is 0.327 e. The molecular weight excluding hydrogens is 366 g/mol. The Morgan fingerprint density at radius 3 is 2.63 bits per heavy atom. The van der Waals surface area contributed by atoms with E-state index in [4.69, 9.17) is 5.73 Å². The normalized spacial score (nSPS) is 20.2. The molecule has 1 aromatic carbocycles. The van der Waals surface area contributed by atoms with E-state index in [0.29, 0.717) is 18.0 Å². The van der Waals surface area contributed by atoms with Crippen molar-refractivity contribution in [1.82, 2.24) is 9.88 Å². The number of likely N-dealkylation sites (tertiary alicyclic amines) is 1. The first kappa shape index (κ1) is 19.0. The van der Waals surface area contributed by atoms with E-state index in [1.165, 1.54) is 11.3 Å². The van der Waals surface area contributed by atoms with E-state index in [1.54, 1.807) is 6.20 Å². The molecule has 1 aromatic heterocycles. The molecule has 2 amide bonds. The van der Waals surface area contributed by atoms with Crippen molar-refractivity contribution in [3.05, 3.63) is 47.0 Å². The maximum Gasteiger partial charge on any atom is 0.327 e. The largest absolute Gasteiger partial charge is 0.480 e. The molecular formula is C19H21N3O4S. The molecule has 2 heterocycles. The number of aromatic nitrogens is 1. The van der Waals surface area contributed by atoms with Crippen molar-refractivity contribution in [1.29, 1.82) is 0 Å². The Kier molecular flexibility index (Phi) is 5.55. The SMILES string of the molecule is C[C@@H](CC(=O)N1C(=O)C(CCc2cnc(N)s2)[C@H]1C(=O)O)c1ccccc1.